The second-order valence-electron chi connectivity index (χ2n) is 1.29. The quantitative estimate of drug-likeness (QED) is 0.532. The van der Waals surface area contributed by atoms with E-state index in [1.807, 2.05) is 0 Å². The van der Waals surface area contributed by atoms with Crippen LogP contribution in [0.1, 0.15) is 0 Å². The monoisotopic (exact) mass is 158 g/mol. The van der Waals surface area contributed by atoms with Gasteiger partial charge in [0.25, 0.3) is 0 Å². The highest BCUT2D eigenvalue weighted by atomic mass is 35.5. The van der Waals surface area contributed by atoms with Gasteiger partial charge >= 0.3 is 7.69 Å². The van der Waals surface area contributed by atoms with Crippen molar-refractivity contribution in [2.24, 2.45) is 0 Å². The molecule has 0 aliphatic heterocycles. The molecule has 5 heteroatoms. The van der Waals surface area contributed by atoms with Gasteiger partial charge in [0, 0.05) is 12.4 Å². The van der Waals surface area contributed by atoms with Crippen LogP contribution in [0.2, 0.25) is 5.02 Å². The molecule has 1 aromatic heterocycles. The molecule has 3 nitrogen and oxygen atoms in total. The highest BCUT2D eigenvalue weighted by molar-refractivity contribution is 6.30. The van der Waals surface area contributed by atoms with Crippen LogP contribution in [-0.4, -0.2) is 22.7 Å². The molecule has 1 heterocycles. The Bertz CT molecular complexity index is 161. The minimum absolute atomic E-state index is 0. The lowest BCUT2D eigenvalue weighted by Gasteiger charge is -1.79. The Morgan fingerprint density at radius 3 is 2.30 bits per heavy atom. The largest absolute Gasteiger partial charge is 0.482 e. The van der Waals surface area contributed by atoms with E-state index in [4.69, 9.17) is 21.6 Å². The molecule has 0 aliphatic rings. The van der Waals surface area contributed by atoms with Crippen LogP contribution in [0.4, 0.5) is 0 Å². The van der Waals surface area contributed by atoms with E-state index in [1.165, 1.54) is 0 Å². The Morgan fingerprint density at radius 1 is 1.50 bits per heavy atom. The number of nitrogens with zero attached hydrogens (tertiary/aromatic N) is 1. The summed E-state index contributed by atoms with van der Waals surface area (Å²) in [5.41, 5.74) is 0. The number of halogens is 1. The van der Waals surface area contributed by atoms with E-state index in [1.54, 1.807) is 24.5 Å². The van der Waals surface area contributed by atoms with Gasteiger partial charge in [-0.25, -0.2) is 0 Å². The first-order valence-corrected chi connectivity index (χ1v) is 2.84. The molecule has 53 valence electrons. The van der Waals surface area contributed by atoms with Crippen LogP contribution in [0.15, 0.2) is 24.5 Å². The van der Waals surface area contributed by atoms with Crippen molar-refractivity contribution in [1.82, 2.24) is 4.98 Å². The van der Waals surface area contributed by atoms with Gasteiger partial charge in [0.1, 0.15) is 0 Å². The van der Waals surface area contributed by atoms with Crippen molar-refractivity contribution in [2.75, 3.05) is 0 Å². The van der Waals surface area contributed by atoms with Crippen molar-refractivity contribution >= 4 is 19.3 Å². The highest BCUT2D eigenvalue weighted by Gasteiger charge is 1.76. The summed E-state index contributed by atoms with van der Waals surface area (Å²) in [5, 5.41) is 14.7. The lowest BCUT2D eigenvalue weighted by molar-refractivity contribution is 0.448. The summed E-state index contributed by atoms with van der Waals surface area (Å²) < 4.78 is 0. The second kappa shape index (κ2) is 6.54. The normalized spacial score (nSPS) is 7.50. The van der Waals surface area contributed by atoms with Crippen LogP contribution in [-0.2, 0) is 0 Å². The molecule has 0 amide bonds. The van der Waals surface area contributed by atoms with Gasteiger partial charge in [0.2, 0.25) is 0 Å². The van der Waals surface area contributed by atoms with E-state index in [9.17, 15) is 0 Å². The van der Waals surface area contributed by atoms with E-state index >= 15 is 0 Å². The van der Waals surface area contributed by atoms with E-state index in [0.717, 1.165) is 0 Å². The van der Waals surface area contributed by atoms with E-state index in [2.05, 4.69) is 4.98 Å². The third-order valence-corrected chi connectivity index (χ3v) is 0.849. The van der Waals surface area contributed by atoms with Gasteiger partial charge in [-0.1, -0.05) is 11.6 Å². The summed E-state index contributed by atoms with van der Waals surface area (Å²) in [6, 6.07) is 3.58. The van der Waals surface area contributed by atoms with Gasteiger partial charge < -0.3 is 10.0 Å². The molecule has 0 saturated heterocycles. The zero-order valence-electron chi connectivity index (χ0n) is 5.11. The molecule has 0 spiro atoms. The zero-order chi connectivity index (χ0) is 7.82. The van der Waals surface area contributed by atoms with Gasteiger partial charge in [-0.2, -0.15) is 0 Å². The second-order valence-corrected chi connectivity index (χ2v) is 1.72. The molecule has 0 aliphatic carbocycles. The molecule has 0 fully saturated rings. The van der Waals surface area contributed by atoms with E-state index < -0.39 is 0 Å². The van der Waals surface area contributed by atoms with Gasteiger partial charge in [0.05, 0.1) is 5.02 Å². The minimum Gasteiger partial charge on any atom is -0.429 e. The average molecular weight is 158 g/mol. The third kappa shape index (κ3) is 5.56. The Kier molecular flexibility index (Phi) is 6.17. The summed E-state index contributed by atoms with van der Waals surface area (Å²) >= 11 is 5.48. The first-order valence-electron chi connectivity index (χ1n) is 2.47. The van der Waals surface area contributed by atoms with Crippen molar-refractivity contribution in [3.8, 4) is 0 Å². The summed E-state index contributed by atoms with van der Waals surface area (Å²) in [6.45, 7) is 0. The third-order valence-electron chi connectivity index (χ3n) is 0.625. The van der Waals surface area contributed by atoms with E-state index in [-0.39, 0.29) is 7.69 Å². The van der Waals surface area contributed by atoms with Crippen LogP contribution in [0.3, 0.4) is 0 Å². The van der Waals surface area contributed by atoms with Gasteiger partial charge in [-0.3, -0.25) is 4.98 Å². The first kappa shape index (κ1) is 9.42. The maximum atomic E-state index is 7.00. The number of hydrogen-bond acceptors (Lipinski definition) is 3. The zero-order valence-corrected chi connectivity index (χ0v) is 5.86. The standard InChI is InChI=1S/C5H4ClN.BH2O2/c6-5-2-1-3-7-4-5;2-1-3/h1-4H;2-3H. The highest BCUT2D eigenvalue weighted by Crippen LogP contribution is 2.00. The molecule has 0 bridgehead atoms. The van der Waals surface area contributed by atoms with Crippen molar-refractivity contribution in [1.29, 1.82) is 0 Å². The smallest absolute Gasteiger partial charge is 0.429 e. The van der Waals surface area contributed by atoms with Crippen LogP contribution >= 0.6 is 11.6 Å². The summed E-state index contributed by atoms with van der Waals surface area (Å²) in [6.07, 6.45) is 3.29. The predicted octanol–water partition coefficient (Wildman–Crippen LogP) is 0.240. The number of pyridine rings is 1. The summed E-state index contributed by atoms with van der Waals surface area (Å²) in [5.74, 6) is 0. The topological polar surface area (TPSA) is 53.4 Å². The van der Waals surface area contributed by atoms with Gasteiger partial charge in [-0.05, 0) is 12.1 Å². The lowest BCUT2D eigenvalue weighted by Crippen LogP contribution is -1.75. The molecule has 1 radical (unpaired) electrons. The maximum absolute atomic E-state index is 7.00. The Morgan fingerprint density at radius 2 is 2.10 bits per heavy atom. The Labute approximate surface area is 64.6 Å². The fourth-order valence-corrected chi connectivity index (χ4v) is 0.471. The molecular formula is C5H6BClNO2. The molecular weight excluding hydrogens is 152 g/mol. The Hall–Kier alpha value is -0.575. The van der Waals surface area contributed by atoms with Crippen molar-refractivity contribution in [3.63, 3.8) is 0 Å². The van der Waals surface area contributed by atoms with Gasteiger partial charge in [-0.15, -0.1) is 0 Å². The maximum Gasteiger partial charge on any atom is 0.482 e. The molecule has 0 saturated carbocycles. The molecule has 1 aromatic rings. The SMILES string of the molecule is Clc1cccnc1.O[B]O. The minimum atomic E-state index is 0. The van der Waals surface area contributed by atoms with Crippen LogP contribution in [0.5, 0.6) is 0 Å². The molecule has 1 rings (SSSR count). The number of aromatic nitrogens is 1. The van der Waals surface area contributed by atoms with Crippen molar-refractivity contribution < 1.29 is 10.0 Å². The summed E-state index contributed by atoms with van der Waals surface area (Å²) in [7, 11) is 0. The predicted molar refractivity (Wildman–Crippen MR) is 39.4 cm³/mol. The molecule has 10 heavy (non-hydrogen) atoms. The first-order chi connectivity index (χ1) is 4.81. The summed E-state index contributed by atoms with van der Waals surface area (Å²) in [4.78, 5) is 3.75. The Balaban J connectivity index is 0.000000236. The van der Waals surface area contributed by atoms with Crippen LogP contribution in [0.25, 0.3) is 0 Å². The fourth-order valence-electron chi connectivity index (χ4n) is 0.342. The van der Waals surface area contributed by atoms with Crippen molar-refractivity contribution in [3.05, 3.63) is 29.5 Å². The lowest BCUT2D eigenvalue weighted by atomic mass is 10.5. The van der Waals surface area contributed by atoms with Crippen LogP contribution in [0, 0.1) is 0 Å². The van der Waals surface area contributed by atoms with E-state index in [0.29, 0.717) is 5.02 Å². The molecule has 2 N–H and O–H groups in total. The van der Waals surface area contributed by atoms with Crippen molar-refractivity contribution in [2.45, 2.75) is 0 Å². The molecule has 0 atom stereocenters. The number of rotatable bonds is 0. The van der Waals surface area contributed by atoms with Crippen LogP contribution < -0.4 is 0 Å². The van der Waals surface area contributed by atoms with Gasteiger partial charge in [0.15, 0.2) is 0 Å². The molecule has 0 aromatic carbocycles. The molecule has 0 unspecified atom stereocenters. The fraction of sp³-hybridized carbons (Fsp3) is 0. The number of hydrogen-bond donors (Lipinski definition) is 2. The average Bonchev–Trinajstić information content (AvgIpc) is 1.91.